The van der Waals surface area contributed by atoms with E-state index in [4.69, 9.17) is 17.0 Å². The molecule has 0 aliphatic carbocycles. The number of imidazole rings is 1. The van der Waals surface area contributed by atoms with Crippen molar-refractivity contribution in [3.8, 4) is 0 Å². The minimum Gasteiger partial charge on any atom is -0.379 e. The Labute approximate surface area is 176 Å². The summed E-state index contributed by atoms with van der Waals surface area (Å²) in [6, 6.07) is 16.6. The van der Waals surface area contributed by atoms with E-state index in [-0.39, 0.29) is 6.04 Å². The molecule has 0 saturated carbocycles. The number of nitrogens with zero attached hydrogens (tertiary/aromatic N) is 2. The molecule has 4 rings (SSSR count). The highest BCUT2D eigenvalue weighted by molar-refractivity contribution is 7.80. The molecule has 1 aromatic heterocycles. The van der Waals surface area contributed by atoms with Crippen molar-refractivity contribution >= 4 is 28.4 Å². The third-order valence-corrected chi connectivity index (χ3v) is 5.49. The van der Waals surface area contributed by atoms with Crippen LogP contribution in [0, 0.1) is 0 Å². The Balaban J connectivity index is 1.38. The summed E-state index contributed by atoms with van der Waals surface area (Å²) >= 11 is 5.60. The summed E-state index contributed by atoms with van der Waals surface area (Å²) in [5.41, 5.74) is 4.30. The van der Waals surface area contributed by atoms with E-state index in [0.717, 1.165) is 62.4 Å². The lowest BCUT2D eigenvalue weighted by atomic mass is 9.98. The fraction of sp³-hybridized carbons (Fsp3) is 0.364. The number of aromatic amines is 1. The molecule has 1 aliphatic rings. The number of thiocarbonyl (C=S) groups is 1. The highest BCUT2D eigenvalue weighted by Crippen LogP contribution is 2.24. The first-order valence-corrected chi connectivity index (χ1v) is 10.5. The number of rotatable bonds is 7. The second-order valence-corrected chi connectivity index (χ2v) is 7.64. The standard InChI is InChI=1S/C22H27N5OS/c29-22(23-9-4-10-27-11-13-28-14-12-27)26-21(17-5-2-1-3-6-17)18-7-8-19-20(15-18)25-16-24-19/h1-3,5-8,15-16,21H,4,9-14H2,(H,24,25)(H2,23,26,29)/t21-/m0/s1. The molecule has 0 unspecified atom stereocenters. The highest BCUT2D eigenvalue weighted by Gasteiger charge is 2.16. The molecule has 2 heterocycles. The molecule has 6 nitrogen and oxygen atoms in total. The molecular weight excluding hydrogens is 382 g/mol. The maximum atomic E-state index is 5.60. The van der Waals surface area contributed by atoms with Gasteiger partial charge in [0.2, 0.25) is 0 Å². The van der Waals surface area contributed by atoms with E-state index in [1.165, 1.54) is 5.56 Å². The largest absolute Gasteiger partial charge is 0.379 e. The first-order valence-electron chi connectivity index (χ1n) is 10.1. The first kappa shape index (κ1) is 19.8. The third-order valence-electron chi connectivity index (χ3n) is 5.23. The lowest BCUT2D eigenvalue weighted by Gasteiger charge is -2.26. The van der Waals surface area contributed by atoms with Crippen molar-refractivity contribution in [2.45, 2.75) is 12.5 Å². The van der Waals surface area contributed by atoms with Crippen LogP contribution in [0.2, 0.25) is 0 Å². The molecule has 1 aliphatic heterocycles. The molecule has 2 aromatic carbocycles. The van der Waals surface area contributed by atoms with Crippen molar-refractivity contribution in [1.82, 2.24) is 25.5 Å². The van der Waals surface area contributed by atoms with Crippen LogP contribution in [0.15, 0.2) is 54.9 Å². The van der Waals surface area contributed by atoms with Gasteiger partial charge in [-0.1, -0.05) is 36.4 Å². The summed E-state index contributed by atoms with van der Waals surface area (Å²) in [5.74, 6) is 0. The Morgan fingerprint density at radius 2 is 1.97 bits per heavy atom. The van der Waals surface area contributed by atoms with E-state index in [2.05, 4.69) is 61.9 Å². The van der Waals surface area contributed by atoms with Gasteiger partial charge in [0, 0.05) is 19.6 Å². The molecule has 1 fully saturated rings. The van der Waals surface area contributed by atoms with Crippen LogP contribution in [-0.2, 0) is 4.74 Å². The molecule has 1 atom stereocenters. The molecule has 29 heavy (non-hydrogen) atoms. The number of benzene rings is 2. The number of hydrogen-bond acceptors (Lipinski definition) is 4. The molecular formula is C22H27N5OS. The monoisotopic (exact) mass is 409 g/mol. The number of morpholine rings is 1. The predicted octanol–water partition coefficient (Wildman–Crippen LogP) is 2.84. The van der Waals surface area contributed by atoms with Crippen molar-refractivity contribution in [3.05, 3.63) is 66.0 Å². The minimum absolute atomic E-state index is 0.0249. The predicted molar refractivity (Wildman–Crippen MR) is 120 cm³/mol. The van der Waals surface area contributed by atoms with Crippen LogP contribution in [0.5, 0.6) is 0 Å². The van der Waals surface area contributed by atoms with Crippen molar-refractivity contribution in [2.75, 3.05) is 39.4 Å². The van der Waals surface area contributed by atoms with Crippen LogP contribution in [0.25, 0.3) is 11.0 Å². The second-order valence-electron chi connectivity index (χ2n) is 7.23. The molecule has 0 bridgehead atoms. The van der Waals surface area contributed by atoms with Crippen LogP contribution in [-0.4, -0.2) is 59.4 Å². The van der Waals surface area contributed by atoms with Gasteiger partial charge in [-0.25, -0.2) is 4.98 Å². The summed E-state index contributed by atoms with van der Waals surface area (Å²) in [6.45, 7) is 5.64. The van der Waals surface area contributed by atoms with Crippen LogP contribution in [0.3, 0.4) is 0 Å². The average molecular weight is 410 g/mol. The smallest absolute Gasteiger partial charge is 0.167 e. The summed E-state index contributed by atoms with van der Waals surface area (Å²) in [5, 5.41) is 7.54. The zero-order valence-corrected chi connectivity index (χ0v) is 17.3. The van der Waals surface area contributed by atoms with Crippen molar-refractivity contribution in [1.29, 1.82) is 0 Å². The zero-order chi connectivity index (χ0) is 19.9. The van der Waals surface area contributed by atoms with Gasteiger partial charge in [0.25, 0.3) is 0 Å². The summed E-state index contributed by atoms with van der Waals surface area (Å²) in [4.78, 5) is 9.95. The summed E-state index contributed by atoms with van der Waals surface area (Å²) in [6.07, 6.45) is 2.78. The SMILES string of the molecule is S=C(NCCCN1CCOCC1)N[C@@H](c1ccccc1)c1ccc2nc[nH]c2c1. The number of fused-ring (bicyclic) bond motifs is 1. The fourth-order valence-electron chi connectivity index (χ4n) is 3.65. The van der Waals surface area contributed by atoms with Gasteiger partial charge >= 0.3 is 0 Å². The van der Waals surface area contributed by atoms with Gasteiger partial charge < -0.3 is 20.4 Å². The number of nitrogens with one attached hydrogen (secondary N) is 3. The van der Waals surface area contributed by atoms with E-state index in [0.29, 0.717) is 5.11 Å². The van der Waals surface area contributed by atoms with Crippen molar-refractivity contribution in [2.24, 2.45) is 0 Å². The topological polar surface area (TPSA) is 65.2 Å². The Kier molecular flexibility index (Phi) is 6.71. The Morgan fingerprint density at radius 1 is 1.14 bits per heavy atom. The average Bonchev–Trinajstić information content (AvgIpc) is 3.24. The van der Waals surface area contributed by atoms with Gasteiger partial charge in [0.05, 0.1) is 36.6 Å². The quantitative estimate of drug-likeness (QED) is 0.412. The lowest BCUT2D eigenvalue weighted by Crippen LogP contribution is -2.41. The van der Waals surface area contributed by atoms with Crippen LogP contribution < -0.4 is 10.6 Å². The van der Waals surface area contributed by atoms with Gasteiger partial charge in [0.1, 0.15) is 0 Å². The molecule has 3 N–H and O–H groups in total. The van der Waals surface area contributed by atoms with E-state index in [9.17, 15) is 0 Å². The van der Waals surface area contributed by atoms with Gasteiger partial charge in [-0.3, -0.25) is 4.90 Å². The van der Waals surface area contributed by atoms with Gasteiger partial charge in [-0.05, 0) is 48.4 Å². The van der Waals surface area contributed by atoms with Gasteiger partial charge in [0.15, 0.2) is 5.11 Å². The van der Waals surface area contributed by atoms with Crippen molar-refractivity contribution < 1.29 is 4.74 Å². The Bertz CT molecular complexity index is 923. The van der Waals surface area contributed by atoms with E-state index >= 15 is 0 Å². The molecule has 152 valence electrons. The van der Waals surface area contributed by atoms with Crippen LogP contribution >= 0.6 is 12.2 Å². The molecule has 0 spiro atoms. The number of hydrogen-bond donors (Lipinski definition) is 3. The molecule has 7 heteroatoms. The lowest BCUT2D eigenvalue weighted by molar-refractivity contribution is 0.0376. The fourth-order valence-corrected chi connectivity index (χ4v) is 3.87. The second kappa shape index (κ2) is 9.82. The molecule has 3 aromatic rings. The third kappa shape index (κ3) is 5.32. The molecule has 0 radical (unpaired) electrons. The van der Waals surface area contributed by atoms with Crippen LogP contribution in [0.1, 0.15) is 23.6 Å². The highest BCUT2D eigenvalue weighted by atomic mass is 32.1. The van der Waals surface area contributed by atoms with E-state index in [1.54, 1.807) is 6.33 Å². The first-order chi connectivity index (χ1) is 14.3. The van der Waals surface area contributed by atoms with Crippen LogP contribution in [0.4, 0.5) is 0 Å². The number of ether oxygens (including phenoxy) is 1. The van der Waals surface area contributed by atoms with Crippen molar-refractivity contribution in [3.63, 3.8) is 0 Å². The summed E-state index contributed by atoms with van der Waals surface area (Å²) in [7, 11) is 0. The van der Waals surface area contributed by atoms with Gasteiger partial charge in [-0.15, -0.1) is 0 Å². The zero-order valence-electron chi connectivity index (χ0n) is 16.4. The molecule has 0 amide bonds. The minimum atomic E-state index is -0.0249. The van der Waals surface area contributed by atoms with E-state index in [1.807, 2.05) is 12.1 Å². The van der Waals surface area contributed by atoms with E-state index < -0.39 is 0 Å². The Hall–Kier alpha value is -2.48. The normalized spacial score (nSPS) is 15.9. The maximum absolute atomic E-state index is 5.60. The summed E-state index contributed by atoms with van der Waals surface area (Å²) < 4.78 is 5.40. The van der Waals surface area contributed by atoms with Gasteiger partial charge in [-0.2, -0.15) is 0 Å². The number of H-pyrrole nitrogens is 1. The number of aromatic nitrogens is 2. The molecule has 1 saturated heterocycles. The Morgan fingerprint density at radius 3 is 2.79 bits per heavy atom. The maximum Gasteiger partial charge on any atom is 0.167 e.